The van der Waals surface area contributed by atoms with Crippen LogP contribution in [0, 0.1) is 6.92 Å². The third-order valence-electron chi connectivity index (χ3n) is 4.38. The Bertz CT molecular complexity index is 736. The van der Waals surface area contributed by atoms with Crippen LogP contribution in [0.1, 0.15) is 5.56 Å². The van der Waals surface area contributed by atoms with Crippen LogP contribution in [0.4, 0.5) is 23.1 Å². The van der Waals surface area contributed by atoms with Crippen molar-refractivity contribution in [2.45, 2.75) is 13.0 Å². The lowest BCUT2D eigenvalue weighted by Crippen LogP contribution is -2.36. The smallest absolute Gasteiger partial charge is 0.224 e. The second-order valence-electron chi connectivity index (χ2n) is 6.59. The maximum atomic E-state index is 5.92. The number of anilines is 4. The van der Waals surface area contributed by atoms with E-state index in [9.17, 15) is 0 Å². The van der Waals surface area contributed by atoms with Crippen LogP contribution in [-0.2, 0) is 9.47 Å². The molecule has 2 aromatic rings. The van der Waals surface area contributed by atoms with Gasteiger partial charge in [0, 0.05) is 50.4 Å². The molecule has 0 bridgehead atoms. The summed E-state index contributed by atoms with van der Waals surface area (Å²) in [5, 5.41) is 6.47. The molecule has 0 spiro atoms. The van der Waals surface area contributed by atoms with E-state index in [2.05, 4.69) is 50.6 Å². The van der Waals surface area contributed by atoms with Crippen LogP contribution in [0.25, 0.3) is 0 Å². The summed E-state index contributed by atoms with van der Waals surface area (Å²) in [6.45, 7) is 6.58. The molecule has 146 valence electrons. The number of morpholine rings is 1. The van der Waals surface area contributed by atoms with Crippen molar-refractivity contribution in [2.24, 2.45) is 5.73 Å². The molecule has 1 saturated heterocycles. The van der Waals surface area contributed by atoms with E-state index in [4.69, 9.17) is 15.2 Å². The van der Waals surface area contributed by atoms with Gasteiger partial charge in [-0.15, -0.1) is 0 Å². The fraction of sp³-hybridized carbons (Fsp3) is 0.474. The number of aryl methyl sites for hydroxylation is 1. The minimum absolute atomic E-state index is 0.106. The van der Waals surface area contributed by atoms with Crippen molar-refractivity contribution < 1.29 is 9.47 Å². The lowest BCUT2D eigenvalue weighted by atomic mass is 10.1. The second-order valence-corrected chi connectivity index (χ2v) is 6.59. The Balaban J connectivity index is 1.63. The van der Waals surface area contributed by atoms with E-state index in [0.717, 1.165) is 37.8 Å². The molecule has 0 radical (unpaired) electrons. The molecular weight excluding hydrogens is 344 g/mol. The molecule has 0 saturated carbocycles. The number of ether oxygens (including phenoxy) is 2. The first-order valence-electron chi connectivity index (χ1n) is 9.17. The number of nitrogens with one attached hydrogen (secondary N) is 2. The third-order valence-corrected chi connectivity index (χ3v) is 4.38. The predicted octanol–water partition coefficient (Wildman–Crippen LogP) is 1.75. The monoisotopic (exact) mass is 372 g/mol. The van der Waals surface area contributed by atoms with E-state index < -0.39 is 0 Å². The summed E-state index contributed by atoms with van der Waals surface area (Å²) in [6.07, 6.45) is 1.72. The van der Waals surface area contributed by atoms with E-state index in [1.54, 1.807) is 13.3 Å². The molecule has 27 heavy (non-hydrogen) atoms. The van der Waals surface area contributed by atoms with Gasteiger partial charge in [0.15, 0.2) is 0 Å². The summed E-state index contributed by atoms with van der Waals surface area (Å²) in [5.41, 5.74) is 9.38. The van der Waals surface area contributed by atoms with Crippen molar-refractivity contribution in [3.8, 4) is 0 Å². The van der Waals surface area contributed by atoms with Crippen molar-refractivity contribution in [3.63, 3.8) is 0 Å². The number of hydrogen-bond acceptors (Lipinski definition) is 8. The Hall–Kier alpha value is -2.42. The SMILES string of the molecule is COCC(N)CNc1nccc(Nc2ccc(N3CCOCC3)c(C)c2)n1. The van der Waals surface area contributed by atoms with Crippen LogP contribution in [0.3, 0.4) is 0 Å². The van der Waals surface area contributed by atoms with Crippen molar-refractivity contribution in [1.29, 1.82) is 0 Å². The number of nitrogens with two attached hydrogens (primary N) is 1. The first kappa shape index (κ1) is 19.3. The number of benzene rings is 1. The molecule has 1 atom stereocenters. The molecular formula is C19H28N6O2. The molecule has 2 heterocycles. The van der Waals surface area contributed by atoms with Crippen molar-refractivity contribution in [3.05, 3.63) is 36.0 Å². The van der Waals surface area contributed by atoms with Gasteiger partial charge in [-0.1, -0.05) is 0 Å². The highest BCUT2D eigenvalue weighted by Crippen LogP contribution is 2.26. The second kappa shape index (κ2) is 9.50. The Morgan fingerprint density at radius 3 is 2.85 bits per heavy atom. The highest BCUT2D eigenvalue weighted by atomic mass is 16.5. The molecule has 0 aliphatic carbocycles. The molecule has 0 amide bonds. The lowest BCUT2D eigenvalue weighted by molar-refractivity contribution is 0.122. The van der Waals surface area contributed by atoms with Crippen LogP contribution < -0.4 is 21.3 Å². The number of nitrogens with zero attached hydrogens (tertiary/aromatic N) is 3. The zero-order valence-corrected chi connectivity index (χ0v) is 15.9. The van der Waals surface area contributed by atoms with Crippen molar-refractivity contribution in [1.82, 2.24) is 9.97 Å². The standard InChI is InChI=1S/C19H28N6O2/c1-14-11-16(3-4-17(14)25-7-9-27-10-8-25)23-18-5-6-21-19(24-18)22-12-15(20)13-26-2/h3-6,11,15H,7-10,12-13,20H2,1-2H3,(H2,21,22,23,24). The maximum absolute atomic E-state index is 5.92. The normalized spacial score (nSPS) is 15.4. The van der Waals surface area contributed by atoms with Crippen LogP contribution in [0.5, 0.6) is 0 Å². The number of rotatable bonds is 8. The van der Waals surface area contributed by atoms with Gasteiger partial charge in [-0.3, -0.25) is 0 Å². The molecule has 4 N–H and O–H groups in total. The summed E-state index contributed by atoms with van der Waals surface area (Å²) in [5.74, 6) is 1.26. The van der Waals surface area contributed by atoms with Gasteiger partial charge in [0.05, 0.1) is 19.8 Å². The lowest BCUT2D eigenvalue weighted by Gasteiger charge is -2.30. The topological polar surface area (TPSA) is 97.6 Å². The van der Waals surface area contributed by atoms with Crippen molar-refractivity contribution >= 4 is 23.1 Å². The van der Waals surface area contributed by atoms with Crippen LogP contribution in [0.15, 0.2) is 30.5 Å². The average Bonchev–Trinajstić information content (AvgIpc) is 2.68. The number of hydrogen-bond donors (Lipinski definition) is 3. The van der Waals surface area contributed by atoms with Gasteiger partial charge in [0.25, 0.3) is 0 Å². The first-order chi connectivity index (χ1) is 13.2. The van der Waals surface area contributed by atoms with Crippen LogP contribution in [-0.4, -0.2) is 62.6 Å². The van der Waals surface area contributed by atoms with E-state index in [-0.39, 0.29) is 6.04 Å². The Morgan fingerprint density at radius 2 is 2.11 bits per heavy atom. The Kier molecular flexibility index (Phi) is 6.80. The Morgan fingerprint density at radius 1 is 1.30 bits per heavy atom. The Labute approximate surface area is 160 Å². The van der Waals surface area contributed by atoms with Gasteiger partial charge in [0.1, 0.15) is 5.82 Å². The summed E-state index contributed by atoms with van der Waals surface area (Å²) in [6, 6.07) is 8.08. The molecule has 1 aromatic carbocycles. The fourth-order valence-electron chi connectivity index (χ4n) is 3.05. The largest absolute Gasteiger partial charge is 0.383 e. The minimum atomic E-state index is -0.106. The number of methoxy groups -OCH3 is 1. The van der Waals surface area contributed by atoms with E-state index in [1.165, 1.54) is 11.3 Å². The zero-order chi connectivity index (χ0) is 19.1. The van der Waals surface area contributed by atoms with E-state index in [1.807, 2.05) is 6.07 Å². The van der Waals surface area contributed by atoms with E-state index in [0.29, 0.717) is 19.1 Å². The van der Waals surface area contributed by atoms with Crippen LogP contribution >= 0.6 is 0 Å². The first-order valence-corrected chi connectivity index (χ1v) is 9.17. The molecule has 1 aromatic heterocycles. The van der Waals surface area contributed by atoms with Gasteiger partial charge in [0.2, 0.25) is 5.95 Å². The summed E-state index contributed by atoms with van der Waals surface area (Å²) < 4.78 is 10.5. The zero-order valence-electron chi connectivity index (χ0n) is 15.9. The highest BCUT2D eigenvalue weighted by molar-refractivity contribution is 5.64. The van der Waals surface area contributed by atoms with Crippen molar-refractivity contribution in [2.75, 3.05) is 62.1 Å². The number of aromatic nitrogens is 2. The molecule has 1 unspecified atom stereocenters. The van der Waals surface area contributed by atoms with Gasteiger partial charge in [-0.25, -0.2) is 4.98 Å². The van der Waals surface area contributed by atoms with Gasteiger partial charge in [-0.2, -0.15) is 4.98 Å². The van der Waals surface area contributed by atoms with Gasteiger partial charge in [-0.05, 0) is 36.8 Å². The summed E-state index contributed by atoms with van der Waals surface area (Å²) >= 11 is 0. The van der Waals surface area contributed by atoms with Crippen LogP contribution in [0.2, 0.25) is 0 Å². The molecule has 1 aliphatic rings. The maximum Gasteiger partial charge on any atom is 0.224 e. The summed E-state index contributed by atoms with van der Waals surface area (Å²) in [4.78, 5) is 11.1. The van der Waals surface area contributed by atoms with Gasteiger partial charge < -0.3 is 30.7 Å². The predicted molar refractivity (Wildman–Crippen MR) is 108 cm³/mol. The molecule has 1 aliphatic heterocycles. The molecule has 1 fully saturated rings. The molecule has 3 rings (SSSR count). The van der Waals surface area contributed by atoms with Gasteiger partial charge >= 0.3 is 0 Å². The summed E-state index contributed by atoms with van der Waals surface area (Å²) in [7, 11) is 1.63. The minimum Gasteiger partial charge on any atom is -0.383 e. The third kappa shape index (κ3) is 5.53. The van der Waals surface area contributed by atoms with E-state index >= 15 is 0 Å². The fourth-order valence-corrected chi connectivity index (χ4v) is 3.05. The molecule has 8 heteroatoms. The highest BCUT2D eigenvalue weighted by Gasteiger charge is 2.13. The average molecular weight is 372 g/mol. The quantitative estimate of drug-likeness (QED) is 0.645. The molecule has 8 nitrogen and oxygen atoms in total.